The number of nitrogens with one attached hydrogen (secondary N) is 2. The predicted octanol–water partition coefficient (Wildman–Crippen LogP) is 3.73. The fourth-order valence-corrected chi connectivity index (χ4v) is 2.21. The highest BCUT2D eigenvalue weighted by atomic mass is 35.5. The molecule has 0 bridgehead atoms. The van der Waals surface area contributed by atoms with Crippen molar-refractivity contribution in [2.75, 3.05) is 37.8 Å². The summed E-state index contributed by atoms with van der Waals surface area (Å²) in [7, 11) is 3.74. The third-order valence-electron chi connectivity index (χ3n) is 3.22. The summed E-state index contributed by atoms with van der Waals surface area (Å²) in [5.41, 5.74) is -0.162. The Bertz CT molecular complexity index is 706. The molecule has 0 radical (unpaired) electrons. The van der Waals surface area contributed by atoms with Crippen molar-refractivity contribution in [1.82, 2.24) is 14.9 Å². The van der Waals surface area contributed by atoms with Crippen LogP contribution in [0.3, 0.4) is 0 Å². The van der Waals surface area contributed by atoms with Crippen LogP contribution in [0.1, 0.15) is 11.3 Å². The van der Waals surface area contributed by atoms with Gasteiger partial charge in [-0.1, -0.05) is 23.7 Å². The van der Waals surface area contributed by atoms with Crippen LogP contribution in [0.5, 0.6) is 0 Å². The number of likely N-dealkylation sites (N-methyl/N-ethyl adjacent to an activating group) is 1. The maximum atomic E-state index is 13.0. The lowest BCUT2D eigenvalue weighted by Crippen LogP contribution is -2.22. The molecule has 0 unspecified atom stereocenters. The molecular formula is C16H19ClF3N5. The second kappa shape index (κ2) is 8.35. The summed E-state index contributed by atoms with van der Waals surface area (Å²) < 4.78 is 39.1. The number of hydrogen-bond acceptors (Lipinski definition) is 5. The molecule has 2 rings (SSSR count). The van der Waals surface area contributed by atoms with E-state index in [2.05, 4.69) is 20.6 Å². The summed E-state index contributed by atoms with van der Waals surface area (Å²) in [6.45, 7) is 1.37. The predicted molar refractivity (Wildman–Crippen MR) is 92.9 cm³/mol. The number of alkyl halides is 3. The van der Waals surface area contributed by atoms with Crippen molar-refractivity contribution in [3.63, 3.8) is 0 Å². The van der Waals surface area contributed by atoms with E-state index >= 15 is 0 Å². The van der Waals surface area contributed by atoms with Gasteiger partial charge in [0.2, 0.25) is 5.95 Å². The van der Waals surface area contributed by atoms with E-state index in [9.17, 15) is 13.2 Å². The Morgan fingerprint density at radius 2 is 1.88 bits per heavy atom. The molecule has 1 heterocycles. The zero-order valence-electron chi connectivity index (χ0n) is 13.9. The first kappa shape index (κ1) is 19.3. The lowest BCUT2D eigenvalue weighted by molar-refractivity contribution is -0.141. The Labute approximate surface area is 149 Å². The first-order valence-corrected chi connectivity index (χ1v) is 7.95. The molecule has 0 aliphatic heterocycles. The summed E-state index contributed by atoms with van der Waals surface area (Å²) in [4.78, 5) is 9.54. The molecule has 0 saturated carbocycles. The van der Waals surface area contributed by atoms with Gasteiger partial charge in [0.05, 0.1) is 0 Å². The highest BCUT2D eigenvalue weighted by molar-refractivity contribution is 6.30. The maximum absolute atomic E-state index is 13.0. The molecular weight excluding hydrogens is 355 g/mol. The number of halogens is 4. The van der Waals surface area contributed by atoms with Crippen LogP contribution in [0.25, 0.3) is 0 Å². The van der Waals surface area contributed by atoms with Gasteiger partial charge >= 0.3 is 6.18 Å². The van der Waals surface area contributed by atoms with Crippen LogP contribution in [0.4, 0.5) is 24.9 Å². The van der Waals surface area contributed by atoms with Crippen LogP contribution in [0, 0.1) is 0 Å². The van der Waals surface area contributed by atoms with Gasteiger partial charge in [0.1, 0.15) is 5.82 Å². The van der Waals surface area contributed by atoms with Crippen molar-refractivity contribution in [2.24, 2.45) is 0 Å². The van der Waals surface area contributed by atoms with Gasteiger partial charge in [-0.3, -0.25) is 0 Å². The molecule has 1 aromatic carbocycles. The molecule has 0 spiro atoms. The quantitative estimate of drug-likeness (QED) is 0.774. The van der Waals surface area contributed by atoms with Crippen LogP contribution < -0.4 is 10.6 Å². The second-order valence-electron chi connectivity index (χ2n) is 5.67. The average Bonchev–Trinajstić information content (AvgIpc) is 2.52. The average molecular weight is 374 g/mol. The van der Waals surface area contributed by atoms with Crippen LogP contribution in [-0.2, 0) is 12.7 Å². The minimum absolute atomic E-state index is 0.0646. The zero-order chi connectivity index (χ0) is 18.4. The third-order valence-corrected chi connectivity index (χ3v) is 3.46. The normalized spacial score (nSPS) is 11.6. The SMILES string of the molecule is CN(C)CCNc1nc(NCc2cccc(Cl)c2)cc(C(F)(F)F)n1. The molecule has 136 valence electrons. The fraction of sp³-hybridized carbons (Fsp3) is 0.375. The summed E-state index contributed by atoms with van der Waals surface area (Å²) in [5.74, 6) is 0.0277. The van der Waals surface area contributed by atoms with E-state index in [1.54, 1.807) is 18.2 Å². The first-order chi connectivity index (χ1) is 11.7. The van der Waals surface area contributed by atoms with Crippen LogP contribution in [0.15, 0.2) is 30.3 Å². The molecule has 0 amide bonds. The second-order valence-corrected chi connectivity index (χ2v) is 6.11. The van der Waals surface area contributed by atoms with Gasteiger partial charge in [-0.2, -0.15) is 18.2 Å². The number of hydrogen-bond donors (Lipinski definition) is 2. The summed E-state index contributed by atoms with van der Waals surface area (Å²) >= 11 is 5.90. The molecule has 25 heavy (non-hydrogen) atoms. The molecule has 5 nitrogen and oxygen atoms in total. The van der Waals surface area contributed by atoms with Crippen molar-refractivity contribution in [1.29, 1.82) is 0 Å². The van der Waals surface area contributed by atoms with Gasteiger partial charge in [-0.05, 0) is 31.8 Å². The van der Waals surface area contributed by atoms with Crippen LogP contribution >= 0.6 is 11.6 Å². The molecule has 0 fully saturated rings. The van der Waals surface area contributed by atoms with Crippen molar-refractivity contribution in [2.45, 2.75) is 12.7 Å². The van der Waals surface area contributed by atoms with Gasteiger partial charge in [0.25, 0.3) is 0 Å². The topological polar surface area (TPSA) is 53.1 Å². The number of benzene rings is 1. The Morgan fingerprint density at radius 1 is 1.12 bits per heavy atom. The molecule has 0 aliphatic carbocycles. The van der Waals surface area contributed by atoms with E-state index in [1.165, 1.54) is 0 Å². The molecule has 0 saturated heterocycles. The minimum atomic E-state index is -4.55. The monoisotopic (exact) mass is 373 g/mol. The van der Waals surface area contributed by atoms with Crippen molar-refractivity contribution in [3.8, 4) is 0 Å². The van der Waals surface area contributed by atoms with Gasteiger partial charge in [-0.25, -0.2) is 4.98 Å². The number of rotatable bonds is 7. The highest BCUT2D eigenvalue weighted by Gasteiger charge is 2.33. The maximum Gasteiger partial charge on any atom is 0.433 e. The lowest BCUT2D eigenvalue weighted by atomic mass is 10.2. The summed E-state index contributed by atoms with van der Waals surface area (Å²) in [6, 6.07) is 7.94. The van der Waals surface area contributed by atoms with E-state index in [0.29, 0.717) is 24.7 Å². The van der Waals surface area contributed by atoms with E-state index < -0.39 is 11.9 Å². The van der Waals surface area contributed by atoms with Crippen LogP contribution in [0.2, 0.25) is 5.02 Å². The zero-order valence-corrected chi connectivity index (χ0v) is 14.6. The van der Waals surface area contributed by atoms with Gasteiger partial charge in [-0.15, -0.1) is 0 Å². The fourth-order valence-electron chi connectivity index (χ4n) is 1.99. The van der Waals surface area contributed by atoms with Crippen molar-refractivity contribution >= 4 is 23.4 Å². The van der Waals surface area contributed by atoms with E-state index in [4.69, 9.17) is 11.6 Å². The van der Waals surface area contributed by atoms with E-state index in [1.807, 2.05) is 25.1 Å². The standard InChI is InChI=1S/C16H19ClF3N5/c1-25(2)7-6-21-15-23-13(16(18,19)20)9-14(24-15)22-10-11-4-3-5-12(17)8-11/h3-5,8-9H,6-7,10H2,1-2H3,(H2,21,22,23,24). The summed E-state index contributed by atoms with van der Waals surface area (Å²) in [6.07, 6.45) is -4.55. The Morgan fingerprint density at radius 3 is 2.52 bits per heavy atom. The van der Waals surface area contributed by atoms with Gasteiger partial charge in [0, 0.05) is 30.7 Å². The van der Waals surface area contributed by atoms with Crippen LogP contribution in [-0.4, -0.2) is 42.1 Å². The molecule has 0 aliphatic rings. The Balaban J connectivity index is 2.14. The summed E-state index contributed by atoms with van der Waals surface area (Å²) in [5, 5.41) is 6.25. The van der Waals surface area contributed by atoms with E-state index in [0.717, 1.165) is 11.6 Å². The van der Waals surface area contributed by atoms with Crippen molar-refractivity contribution < 1.29 is 13.2 Å². The molecule has 2 N–H and O–H groups in total. The smallest absolute Gasteiger partial charge is 0.366 e. The number of nitrogens with zero attached hydrogens (tertiary/aromatic N) is 3. The number of anilines is 2. The minimum Gasteiger partial charge on any atom is -0.366 e. The van der Waals surface area contributed by atoms with E-state index in [-0.39, 0.29) is 11.8 Å². The Hall–Kier alpha value is -2.06. The lowest BCUT2D eigenvalue weighted by Gasteiger charge is -2.14. The van der Waals surface area contributed by atoms with Gasteiger partial charge < -0.3 is 15.5 Å². The highest BCUT2D eigenvalue weighted by Crippen LogP contribution is 2.29. The molecule has 9 heteroatoms. The first-order valence-electron chi connectivity index (χ1n) is 7.57. The molecule has 0 atom stereocenters. The molecule has 1 aromatic heterocycles. The number of aromatic nitrogens is 2. The Kier molecular flexibility index (Phi) is 6.44. The largest absolute Gasteiger partial charge is 0.433 e. The van der Waals surface area contributed by atoms with Gasteiger partial charge in [0.15, 0.2) is 5.69 Å². The van der Waals surface area contributed by atoms with Crippen molar-refractivity contribution in [3.05, 3.63) is 46.6 Å². The third kappa shape index (κ3) is 6.39. The molecule has 2 aromatic rings.